The lowest BCUT2D eigenvalue weighted by Crippen LogP contribution is -2.16. The average molecular weight is 397 g/mol. The van der Waals surface area contributed by atoms with Gasteiger partial charge in [-0.05, 0) is 74.0 Å². The molecule has 0 bridgehead atoms. The quantitative estimate of drug-likeness (QED) is 0.269. The van der Waals surface area contributed by atoms with Crippen molar-refractivity contribution in [2.24, 2.45) is 17.8 Å². The number of rotatable bonds is 11. The summed E-state index contributed by atoms with van der Waals surface area (Å²) in [5.41, 5.74) is 3.13. The van der Waals surface area contributed by atoms with E-state index in [1.54, 1.807) is 12.7 Å². The zero-order chi connectivity index (χ0) is 20.3. The van der Waals surface area contributed by atoms with E-state index in [9.17, 15) is 0 Å². The molecule has 1 saturated carbocycles. The standard InChI is InChI=1S/C28H44O/c1-3-4-5-6-23-7-9-24(10-8-23)11-12-25-13-15-26(16-14-25)17-18-27-19-21-28(29-2)22-20-27/h15,19-25H,3-14,16-18H2,1-2H3/t23-,24-,25?. The summed E-state index contributed by atoms with van der Waals surface area (Å²) in [5, 5.41) is 0. The molecule has 29 heavy (non-hydrogen) atoms. The third kappa shape index (κ3) is 7.83. The molecule has 3 rings (SSSR count). The minimum absolute atomic E-state index is 0.957. The molecular weight excluding hydrogens is 352 g/mol. The molecule has 1 aromatic rings. The van der Waals surface area contributed by atoms with Gasteiger partial charge in [0.15, 0.2) is 0 Å². The van der Waals surface area contributed by atoms with Crippen molar-refractivity contribution in [1.82, 2.24) is 0 Å². The summed E-state index contributed by atoms with van der Waals surface area (Å²) in [5.74, 6) is 4.02. The summed E-state index contributed by atoms with van der Waals surface area (Å²) in [7, 11) is 1.73. The van der Waals surface area contributed by atoms with E-state index in [0.717, 1.165) is 23.5 Å². The van der Waals surface area contributed by atoms with Gasteiger partial charge in [0.25, 0.3) is 0 Å². The van der Waals surface area contributed by atoms with E-state index in [4.69, 9.17) is 4.74 Å². The number of hydrogen-bond donors (Lipinski definition) is 0. The van der Waals surface area contributed by atoms with Crippen molar-refractivity contribution < 1.29 is 4.74 Å². The molecule has 162 valence electrons. The van der Waals surface area contributed by atoms with E-state index in [2.05, 4.69) is 37.3 Å². The molecule has 0 aliphatic heterocycles. The summed E-state index contributed by atoms with van der Waals surface area (Å²) in [6.45, 7) is 2.32. The van der Waals surface area contributed by atoms with E-state index >= 15 is 0 Å². The Morgan fingerprint density at radius 3 is 2.10 bits per heavy atom. The average Bonchev–Trinajstić information content (AvgIpc) is 2.78. The smallest absolute Gasteiger partial charge is 0.118 e. The Hall–Kier alpha value is -1.24. The lowest BCUT2D eigenvalue weighted by atomic mass is 9.76. The number of unbranched alkanes of at least 4 members (excludes halogenated alkanes) is 2. The van der Waals surface area contributed by atoms with Crippen molar-refractivity contribution in [2.75, 3.05) is 7.11 Å². The second-order valence-corrected chi connectivity index (χ2v) is 9.81. The Bertz CT molecular complexity index is 591. The van der Waals surface area contributed by atoms with Crippen LogP contribution >= 0.6 is 0 Å². The van der Waals surface area contributed by atoms with E-state index in [1.165, 1.54) is 102 Å². The molecule has 1 aromatic carbocycles. The molecule has 1 unspecified atom stereocenters. The minimum Gasteiger partial charge on any atom is -0.497 e. The maximum absolute atomic E-state index is 5.26. The van der Waals surface area contributed by atoms with Crippen LogP contribution in [0.4, 0.5) is 0 Å². The lowest BCUT2D eigenvalue weighted by molar-refractivity contribution is 0.234. The summed E-state index contributed by atoms with van der Waals surface area (Å²) in [6.07, 6.45) is 24.0. The summed E-state index contributed by atoms with van der Waals surface area (Å²) < 4.78 is 5.26. The molecule has 0 radical (unpaired) electrons. The van der Waals surface area contributed by atoms with Crippen LogP contribution in [0.25, 0.3) is 0 Å². The number of methoxy groups -OCH3 is 1. The van der Waals surface area contributed by atoms with Crippen molar-refractivity contribution in [3.63, 3.8) is 0 Å². The van der Waals surface area contributed by atoms with Crippen molar-refractivity contribution >= 4 is 0 Å². The van der Waals surface area contributed by atoms with Crippen LogP contribution in [0.5, 0.6) is 5.75 Å². The second-order valence-electron chi connectivity index (χ2n) is 9.81. The van der Waals surface area contributed by atoms with E-state index in [-0.39, 0.29) is 0 Å². The summed E-state index contributed by atoms with van der Waals surface area (Å²) >= 11 is 0. The number of benzene rings is 1. The first kappa shape index (κ1) is 22.4. The Morgan fingerprint density at radius 2 is 1.48 bits per heavy atom. The van der Waals surface area contributed by atoms with E-state index < -0.39 is 0 Å². The zero-order valence-electron chi connectivity index (χ0n) is 19.1. The van der Waals surface area contributed by atoms with Gasteiger partial charge in [0.1, 0.15) is 5.75 Å². The largest absolute Gasteiger partial charge is 0.497 e. The van der Waals surface area contributed by atoms with Crippen LogP contribution in [-0.4, -0.2) is 7.11 Å². The third-order valence-electron chi connectivity index (χ3n) is 7.67. The molecule has 0 amide bonds. The topological polar surface area (TPSA) is 9.23 Å². The van der Waals surface area contributed by atoms with Gasteiger partial charge < -0.3 is 4.74 Å². The van der Waals surface area contributed by atoms with Crippen LogP contribution in [0, 0.1) is 17.8 Å². The van der Waals surface area contributed by atoms with Gasteiger partial charge in [-0.15, -0.1) is 0 Å². The third-order valence-corrected chi connectivity index (χ3v) is 7.67. The monoisotopic (exact) mass is 396 g/mol. The van der Waals surface area contributed by atoms with Gasteiger partial charge in [0, 0.05) is 0 Å². The lowest BCUT2D eigenvalue weighted by Gasteiger charge is -2.30. The van der Waals surface area contributed by atoms with Crippen molar-refractivity contribution in [1.29, 1.82) is 0 Å². The van der Waals surface area contributed by atoms with Gasteiger partial charge in [0.05, 0.1) is 7.11 Å². The highest BCUT2D eigenvalue weighted by atomic mass is 16.5. The number of ether oxygens (including phenoxy) is 1. The number of allylic oxidation sites excluding steroid dienone is 2. The molecule has 2 aliphatic carbocycles. The van der Waals surface area contributed by atoms with Crippen molar-refractivity contribution in [3.8, 4) is 5.75 Å². The maximum Gasteiger partial charge on any atom is 0.118 e. The van der Waals surface area contributed by atoms with Crippen LogP contribution in [0.3, 0.4) is 0 Å². The fourth-order valence-electron chi connectivity index (χ4n) is 5.49. The van der Waals surface area contributed by atoms with Gasteiger partial charge in [-0.2, -0.15) is 0 Å². The first-order valence-corrected chi connectivity index (χ1v) is 12.6. The fraction of sp³-hybridized carbons (Fsp3) is 0.714. The summed E-state index contributed by atoms with van der Waals surface area (Å²) in [4.78, 5) is 0. The molecule has 1 nitrogen and oxygen atoms in total. The van der Waals surface area contributed by atoms with Gasteiger partial charge in [0.2, 0.25) is 0 Å². The van der Waals surface area contributed by atoms with Crippen LogP contribution in [-0.2, 0) is 6.42 Å². The summed E-state index contributed by atoms with van der Waals surface area (Å²) in [6, 6.07) is 8.59. The maximum atomic E-state index is 5.26. The molecule has 2 aliphatic rings. The van der Waals surface area contributed by atoms with Gasteiger partial charge in [-0.3, -0.25) is 0 Å². The molecule has 1 heteroatoms. The fourth-order valence-corrected chi connectivity index (χ4v) is 5.49. The Kier molecular flexibility index (Phi) is 9.64. The van der Waals surface area contributed by atoms with Crippen LogP contribution in [0.2, 0.25) is 0 Å². The van der Waals surface area contributed by atoms with Gasteiger partial charge in [-0.25, -0.2) is 0 Å². The van der Waals surface area contributed by atoms with Crippen molar-refractivity contribution in [2.45, 2.75) is 103 Å². The highest BCUT2D eigenvalue weighted by molar-refractivity contribution is 5.27. The molecule has 0 aromatic heterocycles. The number of aryl methyl sites for hydroxylation is 1. The van der Waals surface area contributed by atoms with Crippen LogP contribution in [0.1, 0.15) is 102 Å². The molecular formula is C28H44O. The minimum atomic E-state index is 0.957. The predicted octanol–water partition coefficient (Wildman–Crippen LogP) is 8.52. The highest BCUT2D eigenvalue weighted by Gasteiger charge is 2.22. The molecule has 0 saturated heterocycles. The Morgan fingerprint density at radius 1 is 0.793 bits per heavy atom. The Balaban J connectivity index is 1.29. The molecule has 0 heterocycles. The van der Waals surface area contributed by atoms with Crippen LogP contribution in [0.15, 0.2) is 35.9 Å². The van der Waals surface area contributed by atoms with Crippen LogP contribution < -0.4 is 4.74 Å². The highest BCUT2D eigenvalue weighted by Crippen LogP contribution is 2.37. The van der Waals surface area contributed by atoms with E-state index in [1.807, 2.05) is 0 Å². The molecule has 1 fully saturated rings. The first-order chi connectivity index (χ1) is 14.3. The first-order valence-electron chi connectivity index (χ1n) is 12.6. The molecule has 1 atom stereocenters. The molecule has 0 spiro atoms. The van der Waals surface area contributed by atoms with Crippen molar-refractivity contribution in [3.05, 3.63) is 41.5 Å². The normalized spacial score (nSPS) is 24.9. The zero-order valence-corrected chi connectivity index (χ0v) is 19.1. The molecule has 0 N–H and O–H groups in total. The predicted molar refractivity (Wildman–Crippen MR) is 126 cm³/mol. The second kappa shape index (κ2) is 12.5. The van der Waals surface area contributed by atoms with Gasteiger partial charge >= 0.3 is 0 Å². The number of hydrogen-bond acceptors (Lipinski definition) is 1. The van der Waals surface area contributed by atoms with Gasteiger partial charge in [-0.1, -0.05) is 88.5 Å². The Labute approximate surface area is 180 Å². The van der Waals surface area contributed by atoms with E-state index in [0.29, 0.717) is 0 Å². The SMILES string of the molecule is CCCCC[C@H]1CC[C@H](CCC2CC=C(CCc3ccc(OC)cc3)CC2)CC1.